The quantitative estimate of drug-likeness (QED) is 0.137. The fraction of sp³-hybridized carbons (Fsp3) is 0.426. The van der Waals surface area contributed by atoms with Crippen molar-refractivity contribution < 1.29 is 24.2 Å². The number of nitrogens with two attached hydrogens (primary N) is 3. The number of nitrogens with zero attached hydrogens (tertiary/aromatic N) is 5. The second-order valence-electron chi connectivity index (χ2n) is 17.1. The Labute approximate surface area is 357 Å². The molecule has 0 aliphatic carbocycles. The molecule has 4 fully saturated rings. The van der Waals surface area contributed by atoms with E-state index in [9.17, 15) is 19.5 Å². The van der Waals surface area contributed by atoms with E-state index in [1.165, 1.54) is 5.69 Å². The summed E-state index contributed by atoms with van der Waals surface area (Å²) in [5.41, 5.74) is 27.1. The Hall–Kier alpha value is -5.99. The monoisotopic (exact) mass is 829 g/mol. The summed E-state index contributed by atoms with van der Waals surface area (Å²) in [4.78, 5) is 46.8. The molecule has 5 heterocycles. The first-order valence-electron chi connectivity index (χ1n) is 21.6. The molecule has 4 aliphatic rings. The van der Waals surface area contributed by atoms with Crippen LogP contribution in [0.4, 0.5) is 10.5 Å². The molecule has 4 saturated heterocycles. The molecule has 322 valence electrons. The molecule has 4 aromatic rings. The second kappa shape index (κ2) is 17.5. The maximum atomic E-state index is 14.0. The zero-order chi connectivity index (χ0) is 42.9. The summed E-state index contributed by atoms with van der Waals surface area (Å²) in [5, 5.41) is 13.8. The van der Waals surface area contributed by atoms with Gasteiger partial charge in [-0.15, -0.1) is 0 Å². The first-order chi connectivity index (χ1) is 29.4. The minimum Gasteiger partial charge on any atom is -0.507 e. The van der Waals surface area contributed by atoms with Crippen LogP contribution >= 0.6 is 0 Å². The summed E-state index contributed by atoms with van der Waals surface area (Å²) < 4.78 is 8.72. The van der Waals surface area contributed by atoms with Gasteiger partial charge in [-0.2, -0.15) is 0 Å². The van der Waals surface area contributed by atoms with E-state index >= 15 is 0 Å². The summed E-state index contributed by atoms with van der Waals surface area (Å²) in [6.07, 6.45) is 5.79. The number of hydrogen-bond acceptors (Lipinski definition) is 10. The van der Waals surface area contributed by atoms with Gasteiger partial charge >= 0.3 is 6.03 Å². The number of imide groups is 1. The number of hydrogen-bond donors (Lipinski definition) is 5. The maximum Gasteiger partial charge on any atom is 0.328 e. The molecule has 1 unspecified atom stereocenters. The van der Waals surface area contributed by atoms with Crippen LogP contribution in [-0.2, 0) is 9.53 Å². The second-order valence-corrected chi connectivity index (χ2v) is 17.1. The van der Waals surface area contributed by atoms with Crippen molar-refractivity contribution in [2.45, 2.75) is 65.0 Å². The average Bonchev–Trinajstić information content (AvgIpc) is 3.60. The minimum absolute atomic E-state index is 0.0755. The molecule has 8 rings (SSSR count). The number of phenolic OH excluding ortho intramolecular Hbond substituents is 1. The van der Waals surface area contributed by atoms with E-state index in [0.29, 0.717) is 61.6 Å². The number of aromatic nitrogens is 1. The van der Waals surface area contributed by atoms with Crippen molar-refractivity contribution in [2.75, 3.05) is 63.9 Å². The average molecular weight is 830 g/mol. The molecule has 0 saturated carbocycles. The normalized spacial score (nSPS) is 20.0. The number of fused-ring (bicyclic) bond motifs is 1. The number of anilines is 1. The lowest BCUT2D eigenvalue weighted by molar-refractivity contribution is -0.120. The molecule has 4 aliphatic heterocycles. The molecule has 0 radical (unpaired) electrons. The van der Waals surface area contributed by atoms with Crippen LogP contribution in [0.3, 0.4) is 0 Å². The number of benzene rings is 3. The van der Waals surface area contributed by atoms with Gasteiger partial charge in [0.2, 0.25) is 5.91 Å². The van der Waals surface area contributed by atoms with Gasteiger partial charge in [-0.1, -0.05) is 24.3 Å². The zero-order valence-electron chi connectivity index (χ0n) is 35.5. The predicted octanol–water partition coefficient (Wildman–Crippen LogP) is 5.37. The van der Waals surface area contributed by atoms with Gasteiger partial charge in [0.15, 0.2) is 0 Å². The highest BCUT2D eigenvalue weighted by Gasteiger charge is 2.32. The number of para-hydroxylation sites is 1. The fourth-order valence-electron chi connectivity index (χ4n) is 9.87. The molecule has 4 amide bonds. The Bertz CT molecular complexity index is 2380. The van der Waals surface area contributed by atoms with Crippen molar-refractivity contribution in [3.8, 4) is 5.75 Å². The number of nitrogens with one attached hydrogen (secondary N) is 1. The Morgan fingerprint density at radius 3 is 2.33 bits per heavy atom. The topological polar surface area (TPSA) is 189 Å². The SMILES string of the molecule is Cc1c(C(=O)N2CCC(CN3CCC(n4c(C)cc5c(N6CCC(=O)NC6=O)cccc54)CC3)CC2)ccc(C2CN(C(/C=C(\N)c3ccccc3O)=C(N)N)CCO2)c1C. The van der Waals surface area contributed by atoms with E-state index in [1.54, 1.807) is 35.2 Å². The van der Waals surface area contributed by atoms with Crippen LogP contribution in [0.2, 0.25) is 0 Å². The Morgan fingerprint density at radius 2 is 1.61 bits per heavy atom. The van der Waals surface area contributed by atoms with Crippen LogP contribution in [0.25, 0.3) is 16.6 Å². The third kappa shape index (κ3) is 8.51. The molecular formula is C47H59N9O5. The third-order valence-corrected chi connectivity index (χ3v) is 13.4. The number of ether oxygens (including phenoxy) is 1. The lowest BCUT2D eigenvalue weighted by Crippen LogP contribution is -2.49. The van der Waals surface area contributed by atoms with Crippen LogP contribution in [-0.4, -0.2) is 101 Å². The van der Waals surface area contributed by atoms with E-state index in [1.807, 2.05) is 36.1 Å². The van der Waals surface area contributed by atoms with Crippen LogP contribution in [0.1, 0.15) is 82.6 Å². The molecule has 8 N–H and O–H groups in total. The third-order valence-electron chi connectivity index (χ3n) is 13.4. The fourth-order valence-corrected chi connectivity index (χ4v) is 9.87. The molecule has 14 heteroatoms. The van der Waals surface area contributed by atoms with Crippen molar-refractivity contribution in [2.24, 2.45) is 23.1 Å². The molecule has 3 aromatic carbocycles. The number of aryl methyl sites for hydroxylation is 1. The van der Waals surface area contributed by atoms with E-state index in [-0.39, 0.29) is 35.5 Å². The first kappa shape index (κ1) is 41.7. The van der Waals surface area contributed by atoms with Crippen LogP contribution < -0.4 is 27.4 Å². The van der Waals surface area contributed by atoms with Crippen molar-refractivity contribution in [1.82, 2.24) is 24.6 Å². The highest BCUT2D eigenvalue weighted by atomic mass is 16.5. The van der Waals surface area contributed by atoms with E-state index in [0.717, 1.165) is 97.3 Å². The summed E-state index contributed by atoms with van der Waals surface area (Å²) in [5.74, 6) is 0.595. The number of urea groups is 1. The number of rotatable bonds is 9. The van der Waals surface area contributed by atoms with Crippen LogP contribution in [0, 0.1) is 26.7 Å². The standard InChI is InChI=1S/C47H59N9O5/c1-29-25-37-39(55-22-17-44(58)51-47(55)60)8-6-9-40(37)56(29)33-15-18-52(19-16-33)27-32-13-20-53(21-14-32)46(59)35-12-11-34(30(2)31(35)3)43-28-54(23-24-61-43)41(45(49)50)26-38(48)36-7-4-5-10-42(36)57/h4-12,25-26,32-33,43,57H,13-24,27-28,48-50H2,1-3H3,(H,51,58,60)/b38-26-. The number of piperidine rings is 2. The van der Waals surface area contributed by atoms with Gasteiger partial charge in [-0.3, -0.25) is 19.8 Å². The molecule has 61 heavy (non-hydrogen) atoms. The van der Waals surface area contributed by atoms with Crippen molar-refractivity contribution in [3.05, 3.63) is 112 Å². The maximum absolute atomic E-state index is 14.0. The largest absolute Gasteiger partial charge is 0.507 e. The number of likely N-dealkylation sites (tertiary alicyclic amines) is 2. The Balaban J connectivity index is 0.851. The lowest BCUT2D eigenvalue weighted by Gasteiger charge is -2.38. The molecule has 14 nitrogen and oxygen atoms in total. The number of phenols is 1. The number of amides is 4. The van der Waals surface area contributed by atoms with Crippen LogP contribution in [0.15, 0.2) is 78.3 Å². The minimum atomic E-state index is -0.359. The molecule has 0 bridgehead atoms. The smallest absolute Gasteiger partial charge is 0.328 e. The summed E-state index contributed by atoms with van der Waals surface area (Å²) in [6.45, 7) is 12.7. The number of morpholine rings is 1. The molecule has 1 aromatic heterocycles. The van der Waals surface area contributed by atoms with E-state index in [2.05, 4.69) is 45.7 Å². The van der Waals surface area contributed by atoms with Gasteiger partial charge < -0.3 is 46.3 Å². The van der Waals surface area contributed by atoms with Crippen molar-refractivity contribution >= 4 is 40.1 Å². The zero-order valence-corrected chi connectivity index (χ0v) is 35.5. The summed E-state index contributed by atoms with van der Waals surface area (Å²) in [7, 11) is 0. The van der Waals surface area contributed by atoms with Crippen molar-refractivity contribution in [1.29, 1.82) is 0 Å². The Morgan fingerprint density at radius 1 is 0.852 bits per heavy atom. The Kier molecular flexibility index (Phi) is 12.0. The van der Waals surface area contributed by atoms with Crippen molar-refractivity contribution in [3.63, 3.8) is 0 Å². The summed E-state index contributed by atoms with van der Waals surface area (Å²) in [6, 6.07) is 19.2. The number of carbonyl (C=O) groups excluding carboxylic acids is 3. The number of carbonyl (C=O) groups is 3. The van der Waals surface area contributed by atoms with E-state index in [4.69, 9.17) is 21.9 Å². The van der Waals surface area contributed by atoms with Gasteiger partial charge in [0.05, 0.1) is 23.5 Å². The van der Waals surface area contributed by atoms with Crippen LogP contribution in [0.5, 0.6) is 5.75 Å². The summed E-state index contributed by atoms with van der Waals surface area (Å²) >= 11 is 0. The van der Waals surface area contributed by atoms with E-state index < -0.39 is 0 Å². The predicted molar refractivity (Wildman–Crippen MR) is 237 cm³/mol. The van der Waals surface area contributed by atoms with Gasteiger partial charge in [0.25, 0.3) is 5.91 Å². The number of allylic oxidation sites excluding steroid dienone is 1. The van der Waals surface area contributed by atoms with Gasteiger partial charge in [0.1, 0.15) is 17.7 Å². The van der Waals surface area contributed by atoms with Gasteiger partial charge in [0, 0.05) is 92.7 Å². The molecular weight excluding hydrogens is 771 g/mol. The first-order valence-corrected chi connectivity index (χ1v) is 21.6. The molecule has 1 atom stereocenters. The van der Waals surface area contributed by atoms with Gasteiger partial charge in [-0.05, 0) is 112 Å². The highest BCUT2D eigenvalue weighted by Crippen LogP contribution is 2.37. The highest BCUT2D eigenvalue weighted by molar-refractivity contribution is 6.09. The lowest BCUT2D eigenvalue weighted by atomic mass is 9.91. The van der Waals surface area contributed by atoms with Gasteiger partial charge in [-0.25, -0.2) is 4.79 Å². The number of aromatic hydroxyl groups is 1. The molecule has 0 spiro atoms.